The third-order valence-corrected chi connectivity index (χ3v) is 3.30. The summed E-state index contributed by atoms with van der Waals surface area (Å²) in [7, 11) is -3.44. The van der Waals surface area contributed by atoms with E-state index in [2.05, 4.69) is 4.72 Å². The Bertz CT molecular complexity index is 468. The first-order valence-electron chi connectivity index (χ1n) is 5.08. The van der Waals surface area contributed by atoms with Gasteiger partial charge < -0.3 is 5.11 Å². The fourth-order valence-electron chi connectivity index (χ4n) is 1.08. The van der Waals surface area contributed by atoms with Gasteiger partial charge in [0, 0.05) is 23.6 Å². The molecule has 0 saturated carbocycles. The molecule has 0 aliphatic heterocycles. The molecule has 0 heterocycles. The molecule has 0 aromatic heterocycles. The van der Waals surface area contributed by atoms with Crippen LogP contribution in [0, 0.1) is 0 Å². The summed E-state index contributed by atoms with van der Waals surface area (Å²) in [5.74, 6) is 0. The molecule has 94 valence electrons. The van der Waals surface area contributed by atoms with Gasteiger partial charge in [0.1, 0.15) is 0 Å². The van der Waals surface area contributed by atoms with Crippen LogP contribution in [0.4, 0.5) is 0 Å². The predicted octanol–water partition coefficient (Wildman–Crippen LogP) is 1.61. The van der Waals surface area contributed by atoms with E-state index in [-0.39, 0.29) is 13.2 Å². The molecule has 0 aliphatic rings. The molecule has 0 fully saturated rings. The van der Waals surface area contributed by atoms with Crippen LogP contribution in [-0.2, 0) is 10.0 Å². The number of aliphatic hydroxyl groups excluding tert-OH is 1. The van der Waals surface area contributed by atoms with E-state index in [9.17, 15) is 8.42 Å². The molecule has 1 rings (SSSR count). The number of aliphatic hydroxyl groups is 1. The zero-order chi connectivity index (χ0) is 12.7. The highest BCUT2D eigenvalue weighted by Gasteiger charge is 2.03. The molecule has 0 unspecified atom stereocenters. The Kier molecular flexibility index (Phi) is 5.64. The van der Waals surface area contributed by atoms with Crippen molar-refractivity contribution >= 4 is 27.7 Å². The summed E-state index contributed by atoms with van der Waals surface area (Å²) in [6, 6.07) is 6.82. The van der Waals surface area contributed by atoms with Gasteiger partial charge in [-0.15, -0.1) is 0 Å². The lowest BCUT2D eigenvalue weighted by molar-refractivity contribution is 0.289. The Morgan fingerprint density at radius 1 is 1.29 bits per heavy atom. The lowest BCUT2D eigenvalue weighted by Crippen LogP contribution is -2.22. The second-order valence-corrected chi connectivity index (χ2v) is 5.46. The lowest BCUT2D eigenvalue weighted by atomic mass is 10.2. The normalized spacial score (nSPS) is 12.1. The summed E-state index contributed by atoms with van der Waals surface area (Å²) in [4.78, 5) is 0. The Morgan fingerprint density at radius 3 is 2.53 bits per heavy atom. The number of nitrogens with one attached hydrogen (secondary N) is 1. The summed E-state index contributed by atoms with van der Waals surface area (Å²) in [5.41, 5.74) is 0.752. The third kappa shape index (κ3) is 5.83. The van der Waals surface area contributed by atoms with Gasteiger partial charge in [-0.2, -0.15) is 0 Å². The highest BCUT2D eigenvalue weighted by atomic mass is 35.5. The van der Waals surface area contributed by atoms with Crippen LogP contribution in [0.1, 0.15) is 12.0 Å². The Hall–Kier alpha value is -0.880. The summed E-state index contributed by atoms with van der Waals surface area (Å²) < 4.78 is 25.2. The van der Waals surface area contributed by atoms with Crippen LogP contribution in [0.2, 0.25) is 5.02 Å². The average molecular weight is 276 g/mol. The van der Waals surface area contributed by atoms with Gasteiger partial charge in [0.15, 0.2) is 0 Å². The van der Waals surface area contributed by atoms with Gasteiger partial charge >= 0.3 is 0 Å². The molecular weight excluding hydrogens is 262 g/mol. The standard InChI is InChI=1S/C11H14ClNO3S/c12-11-4-2-10(3-5-11)6-9-17(15,16)13-7-1-8-14/h2-6,9,13-14H,1,7-8H2/b9-6+. The highest BCUT2D eigenvalue weighted by molar-refractivity contribution is 7.92. The number of benzene rings is 1. The zero-order valence-electron chi connectivity index (χ0n) is 9.14. The van der Waals surface area contributed by atoms with Crippen molar-refractivity contribution in [1.82, 2.24) is 4.72 Å². The Balaban J connectivity index is 2.60. The number of sulfonamides is 1. The van der Waals surface area contributed by atoms with Crippen LogP contribution in [-0.4, -0.2) is 26.7 Å². The van der Waals surface area contributed by atoms with E-state index in [1.807, 2.05) is 0 Å². The van der Waals surface area contributed by atoms with Crippen molar-refractivity contribution in [2.24, 2.45) is 0 Å². The van der Waals surface area contributed by atoms with Crippen molar-refractivity contribution in [2.75, 3.05) is 13.2 Å². The predicted molar refractivity (Wildman–Crippen MR) is 69.1 cm³/mol. The van der Waals surface area contributed by atoms with E-state index in [1.165, 1.54) is 6.08 Å². The summed E-state index contributed by atoms with van der Waals surface area (Å²) in [6.45, 7) is 0.188. The van der Waals surface area contributed by atoms with Gasteiger partial charge in [0.2, 0.25) is 10.0 Å². The largest absolute Gasteiger partial charge is 0.396 e. The van der Waals surface area contributed by atoms with Crippen LogP contribution in [0.25, 0.3) is 6.08 Å². The molecule has 17 heavy (non-hydrogen) atoms. The van der Waals surface area contributed by atoms with Gasteiger partial charge in [0.05, 0.1) is 0 Å². The summed E-state index contributed by atoms with van der Waals surface area (Å²) in [6.07, 6.45) is 1.88. The maximum absolute atomic E-state index is 11.4. The SMILES string of the molecule is O=S(=O)(/C=C/c1ccc(Cl)cc1)NCCCO. The van der Waals surface area contributed by atoms with Gasteiger partial charge in [0.25, 0.3) is 0 Å². The molecule has 4 nitrogen and oxygen atoms in total. The third-order valence-electron chi connectivity index (χ3n) is 1.95. The average Bonchev–Trinajstić information content (AvgIpc) is 2.29. The fraction of sp³-hybridized carbons (Fsp3) is 0.273. The van der Waals surface area contributed by atoms with E-state index >= 15 is 0 Å². The molecule has 0 atom stereocenters. The number of hydrogen-bond acceptors (Lipinski definition) is 3. The number of hydrogen-bond donors (Lipinski definition) is 2. The van der Waals surface area contributed by atoms with Crippen LogP contribution < -0.4 is 4.72 Å². The maximum Gasteiger partial charge on any atom is 0.233 e. The lowest BCUT2D eigenvalue weighted by Gasteiger charge is -2.00. The minimum atomic E-state index is -3.44. The van der Waals surface area contributed by atoms with Crippen molar-refractivity contribution in [2.45, 2.75) is 6.42 Å². The number of halogens is 1. The van der Waals surface area contributed by atoms with E-state index in [0.29, 0.717) is 11.4 Å². The van der Waals surface area contributed by atoms with Gasteiger partial charge in [-0.3, -0.25) is 0 Å². The van der Waals surface area contributed by atoms with Crippen molar-refractivity contribution in [3.05, 3.63) is 40.3 Å². The molecule has 0 bridgehead atoms. The van der Waals surface area contributed by atoms with Gasteiger partial charge in [-0.25, -0.2) is 13.1 Å². The molecule has 1 aromatic carbocycles. The number of rotatable bonds is 6. The molecule has 1 aromatic rings. The van der Waals surface area contributed by atoms with Crippen LogP contribution in [0.15, 0.2) is 29.7 Å². The summed E-state index contributed by atoms with van der Waals surface area (Å²) in [5, 5.41) is 10.2. The quantitative estimate of drug-likeness (QED) is 0.775. The molecular formula is C11H14ClNO3S. The van der Waals surface area contributed by atoms with E-state index in [4.69, 9.17) is 16.7 Å². The molecule has 0 radical (unpaired) electrons. The Morgan fingerprint density at radius 2 is 1.94 bits per heavy atom. The van der Waals surface area contributed by atoms with Crippen LogP contribution in [0.5, 0.6) is 0 Å². The van der Waals surface area contributed by atoms with E-state index in [0.717, 1.165) is 11.0 Å². The van der Waals surface area contributed by atoms with Gasteiger partial charge in [-0.05, 0) is 30.2 Å². The topological polar surface area (TPSA) is 66.4 Å². The van der Waals surface area contributed by atoms with E-state index < -0.39 is 10.0 Å². The first kappa shape index (κ1) is 14.2. The molecule has 0 spiro atoms. The highest BCUT2D eigenvalue weighted by Crippen LogP contribution is 2.10. The Labute approximate surface area is 106 Å². The first-order chi connectivity index (χ1) is 8.03. The minimum Gasteiger partial charge on any atom is -0.396 e. The summed E-state index contributed by atoms with van der Waals surface area (Å²) >= 11 is 5.71. The second kappa shape index (κ2) is 6.76. The van der Waals surface area contributed by atoms with Crippen LogP contribution >= 0.6 is 11.6 Å². The maximum atomic E-state index is 11.4. The minimum absolute atomic E-state index is 0.0383. The second-order valence-electron chi connectivity index (χ2n) is 3.37. The van der Waals surface area contributed by atoms with Crippen LogP contribution in [0.3, 0.4) is 0 Å². The molecule has 0 saturated heterocycles. The molecule has 0 amide bonds. The fourth-order valence-corrected chi connectivity index (χ4v) is 2.07. The first-order valence-corrected chi connectivity index (χ1v) is 7.00. The van der Waals surface area contributed by atoms with E-state index in [1.54, 1.807) is 24.3 Å². The monoisotopic (exact) mass is 275 g/mol. The zero-order valence-corrected chi connectivity index (χ0v) is 10.7. The molecule has 6 heteroatoms. The smallest absolute Gasteiger partial charge is 0.233 e. The van der Waals surface area contributed by atoms with Gasteiger partial charge in [-0.1, -0.05) is 23.7 Å². The van der Waals surface area contributed by atoms with Crippen molar-refractivity contribution in [3.8, 4) is 0 Å². The van der Waals surface area contributed by atoms with Crippen molar-refractivity contribution in [3.63, 3.8) is 0 Å². The van der Waals surface area contributed by atoms with Crippen molar-refractivity contribution in [1.29, 1.82) is 0 Å². The molecule has 0 aliphatic carbocycles. The molecule has 2 N–H and O–H groups in total. The van der Waals surface area contributed by atoms with Crippen molar-refractivity contribution < 1.29 is 13.5 Å².